The van der Waals surface area contributed by atoms with Gasteiger partial charge < -0.3 is 34.5 Å². The molecule has 0 aliphatic rings. The predicted octanol–water partition coefficient (Wildman–Crippen LogP) is 1.84. The molecule has 2 aromatic heterocycles. The van der Waals surface area contributed by atoms with Crippen LogP contribution < -0.4 is 20.8 Å². The monoisotopic (exact) mass is 463 g/mol. The maximum Gasteiger partial charge on any atom is 0.336 e. The second-order valence-electron chi connectivity index (χ2n) is 8.20. The zero-order valence-corrected chi connectivity index (χ0v) is 18.8. The minimum atomic E-state index is -1.45. The van der Waals surface area contributed by atoms with Crippen LogP contribution in [0.2, 0.25) is 0 Å². The highest BCUT2D eigenvalue weighted by Gasteiger charge is 2.22. The number of amides is 1. The lowest BCUT2D eigenvalue weighted by Crippen LogP contribution is -2.52. The SMILES string of the molecule is Cc1cc(=O)oc2c(C)c(O[C@@H](C)C(=O)N[C@H](Cc3c[nH]c4ccc(O)cc34)C(=O)[O-])ccc12. The van der Waals surface area contributed by atoms with Gasteiger partial charge in [0.05, 0.1) is 12.0 Å². The number of phenolic OH excluding ortho intramolecular Hbond substituents is 1. The molecular formula is C25H23N2O7-. The summed E-state index contributed by atoms with van der Waals surface area (Å²) in [5.74, 6) is -1.72. The minimum Gasteiger partial charge on any atom is -0.548 e. The number of aromatic nitrogens is 1. The molecule has 2 aromatic carbocycles. The molecule has 0 saturated heterocycles. The number of aromatic hydroxyl groups is 1. The van der Waals surface area contributed by atoms with Gasteiger partial charge in [-0.3, -0.25) is 4.79 Å². The highest BCUT2D eigenvalue weighted by molar-refractivity contribution is 5.89. The fourth-order valence-electron chi connectivity index (χ4n) is 3.91. The van der Waals surface area contributed by atoms with E-state index in [1.165, 1.54) is 25.1 Å². The quantitative estimate of drug-likeness (QED) is 0.355. The normalized spacial score (nSPS) is 13.0. The number of carboxylic acids is 1. The lowest BCUT2D eigenvalue weighted by molar-refractivity contribution is -0.308. The van der Waals surface area contributed by atoms with Gasteiger partial charge in [-0.15, -0.1) is 0 Å². The van der Waals surface area contributed by atoms with Crippen molar-refractivity contribution in [2.24, 2.45) is 0 Å². The smallest absolute Gasteiger partial charge is 0.336 e. The first kappa shape index (κ1) is 22.9. The first-order valence-electron chi connectivity index (χ1n) is 10.6. The second-order valence-corrected chi connectivity index (χ2v) is 8.20. The van der Waals surface area contributed by atoms with E-state index >= 15 is 0 Å². The van der Waals surface area contributed by atoms with Crippen molar-refractivity contribution in [1.29, 1.82) is 0 Å². The number of ether oxygens (including phenoxy) is 1. The van der Waals surface area contributed by atoms with E-state index in [-0.39, 0.29) is 12.2 Å². The van der Waals surface area contributed by atoms with Gasteiger partial charge in [0, 0.05) is 40.5 Å². The van der Waals surface area contributed by atoms with E-state index in [0.717, 1.165) is 16.5 Å². The summed E-state index contributed by atoms with van der Waals surface area (Å²) in [6.07, 6.45) is 0.533. The summed E-state index contributed by atoms with van der Waals surface area (Å²) in [4.78, 5) is 39.3. The summed E-state index contributed by atoms with van der Waals surface area (Å²) in [7, 11) is 0. The summed E-state index contributed by atoms with van der Waals surface area (Å²) in [6, 6.07) is 8.18. The van der Waals surface area contributed by atoms with E-state index in [9.17, 15) is 24.6 Å². The molecule has 0 unspecified atom stereocenters. The lowest BCUT2D eigenvalue weighted by Gasteiger charge is -2.23. The zero-order valence-electron chi connectivity index (χ0n) is 18.8. The van der Waals surface area contributed by atoms with Crippen LogP contribution in [0.1, 0.15) is 23.6 Å². The van der Waals surface area contributed by atoms with Gasteiger partial charge in [0.15, 0.2) is 6.10 Å². The highest BCUT2D eigenvalue weighted by atomic mass is 16.5. The molecule has 0 spiro atoms. The first-order valence-corrected chi connectivity index (χ1v) is 10.6. The van der Waals surface area contributed by atoms with Gasteiger partial charge >= 0.3 is 5.63 Å². The Kier molecular flexibility index (Phi) is 6.02. The van der Waals surface area contributed by atoms with Crippen molar-refractivity contribution in [3.8, 4) is 11.5 Å². The zero-order chi connectivity index (χ0) is 24.6. The van der Waals surface area contributed by atoms with E-state index in [0.29, 0.717) is 27.8 Å². The van der Waals surface area contributed by atoms with Gasteiger partial charge in [-0.25, -0.2) is 4.79 Å². The van der Waals surface area contributed by atoms with Crippen LogP contribution in [0.25, 0.3) is 21.9 Å². The molecule has 4 aromatic rings. The largest absolute Gasteiger partial charge is 0.548 e. The fraction of sp³-hybridized carbons (Fsp3) is 0.240. The number of carboxylic acid groups (broad SMARTS) is 1. The molecule has 1 amide bonds. The van der Waals surface area contributed by atoms with Gasteiger partial charge in [0.2, 0.25) is 0 Å². The number of hydrogen-bond donors (Lipinski definition) is 3. The van der Waals surface area contributed by atoms with Crippen LogP contribution in [-0.2, 0) is 16.0 Å². The molecule has 2 heterocycles. The van der Waals surface area contributed by atoms with Crippen LogP contribution in [0.4, 0.5) is 0 Å². The number of hydrogen-bond acceptors (Lipinski definition) is 7. The number of aliphatic carboxylic acids is 1. The number of rotatable bonds is 7. The Morgan fingerprint density at radius 2 is 1.94 bits per heavy atom. The number of H-pyrrole nitrogens is 1. The third kappa shape index (κ3) is 4.45. The summed E-state index contributed by atoms with van der Waals surface area (Å²) < 4.78 is 11.1. The molecule has 3 N–H and O–H groups in total. The number of carbonyl (C=O) groups excluding carboxylic acids is 2. The Morgan fingerprint density at radius 3 is 2.68 bits per heavy atom. The number of phenols is 1. The molecule has 4 rings (SSSR count). The third-order valence-electron chi connectivity index (χ3n) is 5.77. The summed E-state index contributed by atoms with van der Waals surface area (Å²) in [5.41, 5.74) is 2.51. The molecule has 9 heteroatoms. The van der Waals surface area contributed by atoms with Crippen LogP contribution in [0.5, 0.6) is 11.5 Å². The van der Waals surface area contributed by atoms with Crippen LogP contribution in [0, 0.1) is 13.8 Å². The van der Waals surface area contributed by atoms with E-state index in [2.05, 4.69) is 10.3 Å². The second kappa shape index (κ2) is 8.93. The van der Waals surface area contributed by atoms with Gasteiger partial charge in [0.1, 0.15) is 17.1 Å². The van der Waals surface area contributed by atoms with Gasteiger partial charge in [-0.05, 0) is 62.2 Å². The summed E-state index contributed by atoms with van der Waals surface area (Å²) in [5, 5.41) is 25.3. The first-order chi connectivity index (χ1) is 16.1. The maximum atomic E-state index is 12.7. The van der Waals surface area contributed by atoms with Gasteiger partial charge in [-0.2, -0.15) is 0 Å². The molecular weight excluding hydrogens is 440 g/mol. The maximum absolute atomic E-state index is 12.7. The topological polar surface area (TPSA) is 145 Å². The minimum absolute atomic E-state index is 0.0428. The number of fused-ring (bicyclic) bond motifs is 2. The number of aromatic amines is 1. The third-order valence-corrected chi connectivity index (χ3v) is 5.77. The number of carbonyl (C=O) groups is 2. The molecule has 0 fully saturated rings. The van der Waals surface area contributed by atoms with Crippen molar-refractivity contribution >= 4 is 33.7 Å². The average Bonchev–Trinajstić information content (AvgIpc) is 3.17. The van der Waals surface area contributed by atoms with Crippen molar-refractivity contribution in [3.63, 3.8) is 0 Å². The highest BCUT2D eigenvalue weighted by Crippen LogP contribution is 2.29. The Labute approximate surface area is 194 Å². The Hall–Kier alpha value is -4.27. The Morgan fingerprint density at radius 1 is 1.18 bits per heavy atom. The lowest BCUT2D eigenvalue weighted by atomic mass is 10.0. The summed E-state index contributed by atoms with van der Waals surface area (Å²) >= 11 is 0. The Balaban J connectivity index is 1.51. The van der Waals surface area contributed by atoms with E-state index in [1.807, 2.05) is 0 Å². The molecule has 2 atom stereocenters. The van der Waals surface area contributed by atoms with E-state index in [4.69, 9.17) is 9.15 Å². The molecule has 176 valence electrons. The molecule has 0 saturated carbocycles. The van der Waals surface area contributed by atoms with Gasteiger partial charge in [-0.1, -0.05) is 0 Å². The number of nitrogens with one attached hydrogen (secondary N) is 2. The molecule has 9 nitrogen and oxygen atoms in total. The molecule has 0 bridgehead atoms. The van der Waals surface area contributed by atoms with Crippen LogP contribution in [0.3, 0.4) is 0 Å². The van der Waals surface area contributed by atoms with Crippen LogP contribution >= 0.6 is 0 Å². The number of aryl methyl sites for hydroxylation is 2. The fourth-order valence-corrected chi connectivity index (χ4v) is 3.91. The molecule has 0 aliphatic heterocycles. The van der Waals surface area contributed by atoms with Crippen molar-refractivity contribution in [2.75, 3.05) is 0 Å². The van der Waals surface area contributed by atoms with Crippen molar-refractivity contribution in [2.45, 2.75) is 39.3 Å². The van der Waals surface area contributed by atoms with Crippen molar-refractivity contribution < 1.29 is 29.0 Å². The van der Waals surface area contributed by atoms with E-state index < -0.39 is 29.6 Å². The van der Waals surface area contributed by atoms with Crippen LogP contribution in [0.15, 0.2) is 51.8 Å². The summed E-state index contributed by atoms with van der Waals surface area (Å²) in [6.45, 7) is 4.99. The van der Waals surface area contributed by atoms with Crippen molar-refractivity contribution in [3.05, 3.63) is 69.7 Å². The standard InChI is InChI=1S/C25H24N2O7/c1-12-8-22(29)34-23-13(2)21(7-5-17(12)23)33-14(3)24(30)27-20(25(31)32)9-15-11-26-19-6-4-16(28)10-18(15)19/h4-8,10-11,14,20,26,28H,9H2,1-3H3,(H,27,30)(H,31,32)/p-1/t14-,20+/m0/s1. The molecule has 34 heavy (non-hydrogen) atoms. The van der Waals surface area contributed by atoms with Crippen LogP contribution in [-0.4, -0.2) is 34.1 Å². The Bertz CT molecular complexity index is 1470. The number of benzene rings is 2. The van der Waals surface area contributed by atoms with Crippen molar-refractivity contribution in [1.82, 2.24) is 10.3 Å². The van der Waals surface area contributed by atoms with Gasteiger partial charge in [0.25, 0.3) is 5.91 Å². The van der Waals surface area contributed by atoms with E-state index in [1.54, 1.807) is 38.2 Å². The predicted molar refractivity (Wildman–Crippen MR) is 123 cm³/mol. The average molecular weight is 463 g/mol. The molecule has 0 aliphatic carbocycles. The molecule has 0 radical (unpaired) electrons.